The first-order chi connectivity index (χ1) is 11.2. The zero-order valence-corrected chi connectivity index (χ0v) is 14.6. The molecule has 0 aliphatic carbocycles. The van der Waals surface area contributed by atoms with Crippen molar-refractivity contribution >= 4 is 34.5 Å². The van der Waals surface area contributed by atoms with E-state index in [1.54, 1.807) is 11.3 Å². The molecular weight excluding hydrogens is 322 g/mol. The molecule has 0 bridgehead atoms. The van der Waals surface area contributed by atoms with Gasteiger partial charge in [0, 0.05) is 20.7 Å². The van der Waals surface area contributed by atoms with E-state index in [9.17, 15) is 0 Å². The van der Waals surface area contributed by atoms with Crippen molar-refractivity contribution in [3.05, 3.63) is 52.9 Å². The predicted molar refractivity (Wildman–Crippen MR) is 98.9 cm³/mol. The lowest BCUT2D eigenvalue weighted by atomic mass is 10.1. The Balaban J connectivity index is 1.67. The fraction of sp³-hybridized carbons (Fsp3) is 0.167. The van der Waals surface area contributed by atoms with Crippen LogP contribution in [0.25, 0.3) is 11.3 Å². The molecule has 2 heterocycles. The smallest absolute Gasteiger partial charge is 0.110 e. The minimum atomic E-state index is 0.284. The van der Waals surface area contributed by atoms with Crippen LogP contribution in [0.2, 0.25) is 0 Å². The van der Waals surface area contributed by atoms with Gasteiger partial charge in [0.05, 0.1) is 23.1 Å². The number of hydrogen-bond acceptors (Lipinski definition) is 5. The molecule has 1 aromatic heterocycles. The van der Waals surface area contributed by atoms with E-state index in [0.29, 0.717) is 0 Å². The Bertz CT molecular complexity index is 857. The molecule has 4 rings (SSSR count). The minimum absolute atomic E-state index is 0.284. The van der Waals surface area contributed by atoms with Crippen molar-refractivity contribution in [2.45, 2.75) is 22.8 Å². The van der Waals surface area contributed by atoms with Crippen LogP contribution in [-0.4, -0.2) is 12.0 Å². The topological polar surface area (TPSA) is 37.0 Å². The second kappa shape index (κ2) is 6.00. The third-order valence-electron chi connectivity index (χ3n) is 3.98. The van der Waals surface area contributed by atoms with Crippen LogP contribution in [0.1, 0.15) is 18.0 Å². The molecular formula is C18H17N3S2. The molecule has 1 atom stereocenters. The highest BCUT2D eigenvalue weighted by Crippen LogP contribution is 2.45. The van der Waals surface area contributed by atoms with Crippen molar-refractivity contribution in [1.29, 1.82) is 0 Å². The number of nitrogens with one attached hydrogen (secondary N) is 2. The van der Waals surface area contributed by atoms with Gasteiger partial charge in [0.1, 0.15) is 5.01 Å². The van der Waals surface area contributed by atoms with E-state index in [-0.39, 0.29) is 6.04 Å². The molecule has 0 amide bonds. The maximum Gasteiger partial charge on any atom is 0.110 e. The molecule has 1 unspecified atom stereocenters. The number of rotatable bonds is 3. The van der Waals surface area contributed by atoms with E-state index in [2.05, 4.69) is 65.4 Å². The van der Waals surface area contributed by atoms with Crippen LogP contribution in [0.4, 0.5) is 11.4 Å². The van der Waals surface area contributed by atoms with Crippen molar-refractivity contribution in [3.63, 3.8) is 0 Å². The second-order valence-electron chi connectivity index (χ2n) is 5.52. The van der Waals surface area contributed by atoms with Gasteiger partial charge in [0.15, 0.2) is 0 Å². The molecule has 0 fully saturated rings. The maximum atomic E-state index is 4.77. The Labute approximate surface area is 144 Å². The number of fused-ring (bicyclic) bond motifs is 2. The maximum absolute atomic E-state index is 4.77. The first-order valence-corrected chi connectivity index (χ1v) is 9.25. The van der Waals surface area contributed by atoms with Gasteiger partial charge in [-0.3, -0.25) is 0 Å². The first-order valence-electron chi connectivity index (χ1n) is 7.55. The van der Waals surface area contributed by atoms with E-state index >= 15 is 0 Å². The van der Waals surface area contributed by atoms with Crippen LogP contribution in [0, 0.1) is 0 Å². The van der Waals surface area contributed by atoms with Gasteiger partial charge in [-0.2, -0.15) is 0 Å². The monoisotopic (exact) mass is 339 g/mol. The summed E-state index contributed by atoms with van der Waals surface area (Å²) in [6.07, 6.45) is 0. The van der Waals surface area contributed by atoms with Crippen molar-refractivity contribution < 1.29 is 0 Å². The number of anilines is 2. The molecule has 0 radical (unpaired) electrons. The van der Waals surface area contributed by atoms with Crippen molar-refractivity contribution in [2.75, 3.05) is 12.4 Å². The lowest BCUT2D eigenvalue weighted by Gasteiger charge is -2.21. The molecule has 23 heavy (non-hydrogen) atoms. The van der Waals surface area contributed by atoms with E-state index in [4.69, 9.17) is 4.98 Å². The van der Waals surface area contributed by atoms with Crippen molar-refractivity contribution in [3.8, 4) is 11.3 Å². The van der Waals surface area contributed by atoms with Gasteiger partial charge in [-0.25, -0.2) is 4.98 Å². The summed E-state index contributed by atoms with van der Waals surface area (Å²) in [5.74, 6) is 0. The molecule has 1 aliphatic heterocycles. The van der Waals surface area contributed by atoms with E-state index in [1.807, 2.05) is 18.8 Å². The second-order valence-corrected chi connectivity index (χ2v) is 7.49. The lowest BCUT2D eigenvalue weighted by Crippen LogP contribution is -2.11. The predicted octanol–water partition coefficient (Wildman–Crippen LogP) is 5.30. The SMILES string of the molecule is CNC(C)c1nc(-c2ccc3c(c2)Nc2ccccc2S3)cs1. The average Bonchev–Trinajstić information content (AvgIpc) is 3.09. The van der Waals surface area contributed by atoms with E-state index in [0.717, 1.165) is 22.0 Å². The van der Waals surface area contributed by atoms with E-state index in [1.165, 1.54) is 15.5 Å². The van der Waals surface area contributed by atoms with Gasteiger partial charge in [-0.15, -0.1) is 11.3 Å². The Morgan fingerprint density at radius 1 is 1.09 bits per heavy atom. The fourth-order valence-electron chi connectivity index (χ4n) is 2.54. The quantitative estimate of drug-likeness (QED) is 0.531. The summed E-state index contributed by atoms with van der Waals surface area (Å²) < 4.78 is 0. The Kier molecular flexibility index (Phi) is 3.85. The summed E-state index contributed by atoms with van der Waals surface area (Å²) in [4.78, 5) is 7.29. The number of hydrogen-bond donors (Lipinski definition) is 2. The van der Waals surface area contributed by atoms with Crippen molar-refractivity contribution in [1.82, 2.24) is 10.3 Å². The van der Waals surface area contributed by atoms with Gasteiger partial charge in [-0.05, 0) is 38.2 Å². The summed E-state index contributed by atoms with van der Waals surface area (Å²) in [6.45, 7) is 2.13. The highest BCUT2D eigenvalue weighted by Gasteiger charge is 2.17. The van der Waals surface area contributed by atoms with Crippen LogP contribution < -0.4 is 10.6 Å². The van der Waals surface area contributed by atoms with Crippen LogP contribution in [0.5, 0.6) is 0 Å². The number of benzene rings is 2. The summed E-state index contributed by atoms with van der Waals surface area (Å²) >= 11 is 3.51. The zero-order valence-electron chi connectivity index (χ0n) is 13.0. The molecule has 3 nitrogen and oxygen atoms in total. The molecule has 2 N–H and O–H groups in total. The average molecular weight is 339 g/mol. The Hall–Kier alpha value is -1.82. The highest BCUT2D eigenvalue weighted by atomic mass is 32.2. The molecule has 0 spiro atoms. The summed E-state index contributed by atoms with van der Waals surface area (Å²) in [7, 11) is 1.96. The normalized spacial score (nSPS) is 13.8. The highest BCUT2D eigenvalue weighted by molar-refractivity contribution is 7.99. The zero-order chi connectivity index (χ0) is 15.8. The van der Waals surface area contributed by atoms with Crippen LogP contribution in [0.3, 0.4) is 0 Å². The molecule has 116 valence electrons. The van der Waals surface area contributed by atoms with Crippen LogP contribution >= 0.6 is 23.1 Å². The van der Waals surface area contributed by atoms with Gasteiger partial charge in [0.2, 0.25) is 0 Å². The third-order valence-corrected chi connectivity index (χ3v) is 6.16. The largest absolute Gasteiger partial charge is 0.354 e. The van der Waals surface area contributed by atoms with Gasteiger partial charge >= 0.3 is 0 Å². The van der Waals surface area contributed by atoms with Crippen LogP contribution in [-0.2, 0) is 0 Å². The minimum Gasteiger partial charge on any atom is -0.354 e. The molecule has 5 heteroatoms. The molecule has 0 saturated heterocycles. The number of thiazole rings is 1. The standard InChI is InChI=1S/C18H17N3S2/c1-11(19-2)18-21-15(10-22-18)12-7-8-17-14(9-12)20-13-5-3-4-6-16(13)23-17/h3-11,19-20H,1-2H3. The van der Waals surface area contributed by atoms with E-state index < -0.39 is 0 Å². The number of nitrogens with zero attached hydrogens (tertiary/aromatic N) is 1. The number of aromatic nitrogens is 1. The Morgan fingerprint density at radius 2 is 1.91 bits per heavy atom. The Morgan fingerprint density at radius 3 is 2.78 bits per heavy atom. The lowest BCUT2D eigenvalue weighted by molar-refractivity contribution is 0.648. The summed E-state index contributed by atoms with van der Waals surface area (Å²) in [5, 5.41) is 10.0. The molecule has 3 aromatic rings. The third kappa shape index (κ3) is 2.76. The fourth-order valence-corrected chi connectivity index (χ4v) is 4.40. The van der Waals surface area contributed by atoms with Gasteiger partial charge < -0.3 is 10.6 Å². The molecule has 0 saturated carbocycles. The van der Waals surface area contributed by atoms with Gasteiger partial charge in [-0.1, -0.05) is 30.0 Å². The van der Waals surface area contributed by atoms with Crippen LogP contribution in [0.15, 0.2) is 57.6 Å². The molecule has 1 aliphatic rings. The molecule has 2 aromatic carbocycles. The summed E-state index contributed by atoms with van der Waals surface area (Å²) in [6, 6.07) is 15.2. The number of para-hydroxylation sites is 1. The van der Waals surface area contributed by atoms with Gasteiger partial charge in [0.25, 0.3) is 0 Å². The first kappa shape index (κ1) is 14.8. The summed E-state index contributed by atoms with van der Waals surface area (Å²) in [5.41, 5.74) is 4.52. The van der Waals surface area contributed by atoms with Crippen molar-refractivity contribution in [2.24, 2.45) is 0 Å².